The second-order valence-corrected chi connectivity index (χ2v) is 19.1. The molecule has 0 aromatic heterocycles. The number of hydrogen-bond acceptors (Lipinski definition) is 3. The van der Waals surface area contributed by atoms with Gasteiger partial charge in [0, 0.05) is 12.8 Å². The lowest BCUT2D eigenvalue weighted by Gasteiger charge is -2.29. The molecule has 2 saturated carbocycles. The Labute approximate surface area is 358 Å². The fourth-order valence-electron chi connectivity index (χ4n) is 11.0. The zero-order valence-corrected chi connectivity index (χ0v) is 37.1. The molecule has 2 heterocycles. The molecule has 0 radical (unpaired) electrons. The molecule has 4 atom stereocenters. The van der Waals surface area contributed by atoms with E-state index in [1.54, 1.807) is 0 Å². The summed E-state index contributed by atoms with van der Waals surface area (Å²) in [5.74, 6) is 4.98. The predicted octanol–water partition coefficient (Wildman–Crippen LogP) is 16.0. The van der Waals surface area contributed by atoms with Crippen molar-refractivity contribution in [1.82, 2.24) is 0 Å². The molecule has 0 bridgehead atoms. The summed E-state index contributed by atoms with van der Waals surface area (Å²) in [6.45, 7) is 9.23. The summed E-state index contributed by atoms with van der Waals surface area (Å²) in [5, 5.41) is 0. The number of rotatable bonds is 20. The van der Waals surface area contributed by atoms with Crippen LogP contribution in [0, 0.1) is 11.8 Å². The molecule has 4 aliphatic rings. The number of ether oxygens (including phenoxy) is 3. The summed E-state index contributed by atoms with van der Waals surface area (Å²) < 4.78 is 18.9. The van der Waals surface area contributed by atoms with Gasteiger partial charge in [-0.05, 0) is 157 Å². The van der Waals surface area contributed by atoms with Crippen LogP contribution >= 0.6 is 0 Å². The third-order valence-corrected chi connectivity index (χ3v) is 14.8. The molecule has 0 unspecified atom stereocenters. The highest BCUT2D eigenvalue weighted by Gasteiger charge is 2.39. The van der Waals surface area contributed by atoms with Crippen molar-refractivity contribution in [3.63, 3.8) is 0 Å². The van der Waals surface area contributed by atoms with Gasteiger partial charge in [-0.2, -0.15) is 0 Å². The van der Waals surface area contributed by atoms with E-state index in [-0.39, 0.29) is 0 Å². The molecule has 3 heteroatoms. The maximum atomic E-state index is 6.48. The Morgan fingerprint density at radius 1 is 0.441 bits per heavy atom. The molecule has 4 aromatic carbocycles. The van der Waals surface area contributed by atoms with Gasteiger partial charge in [0.1, 0.15) is 11.5 Å². The van der Waals surface area contributed by atoms with Gasteiger partial charge in [-0.3, -0.25) is 0 Å². The van der Waals surface area contributed by atoms with Crippen molar-refractivity contribution >= 4 is 0 Å². The molecular weight excluding hydrogens is 721 g/mol. The fourth-order valence-corrected chi connectivity index (χ4v) is 11.0. The van der Waals surface area contributed by atoms with E-state index in [4.69, 9.17) is 14.2 Å². The normalized spacial score (nSPS) is 26.4. The maximum absolute atomic E-state index is 6.48. The first-order valence-electron chi connectivity index (χ1n) is 24.5. The third kappa shape index (κ3) is 11.1. The number of benzene rings is 4. The van der Waals surface area contributed by atoms with Gasteiger partial charge in [-0.15, -0.1) is 0 Å². The average molecular weight is 795 g/mol. The van der Waals surface area contributed by atoms with E-state index in [1.165, 1.54) is 160 Å². The molecule has 2 aliphatic carbocycles. The quantitative estimate of drug-likeness (QED) is 0.0836. The van der Waals surface area contributed by atoms with Crippen LogP contribution in [-0.4, -0.2) is 24.4 Å². The van der Waals surface area contributed by atoms with E-state index in [0.29, 0.717) is 36.3 Å². The third-order valence-electron chi connectivity index (χ3n) is 14.8. The average Bonchev–Trinajstić information content (AvgIpc) is 4.20. The van der Waals surface area contributed by atoms with Gasteiger partial charge in [0.25, 0.3) is 0 Å². The molecule has 2 saturated heterocycles. The lowest BCUT2D eigenvalue weighted by molar-refractivity contribution is 0.308. The second kappa shape index (κ2) is 20.4. The summed E-state index contributed by atoms with van der Waals surface area (Å²) >= 11 is 0. The van der Waals surface area contributed by atoms with Crippen LogP contribution in [0.2, 0.25) is 0 Å². The number of epoxide rings is 2. The van der Waals surface area contributed by atoms with E-state index in [1.807, 2.05) is 0 Å². The van der Waals surface area contributed by atoms with Crippen LogP contribution in [0.15, 0.2) is 84.9 Å². The Kier molecular flexibility index (Phi) is 14.7. The molecule has 3 nitrogen and oxygen atoms in total. The van der Waals surface area contributed by atoms with Crippen LogP contribution in [0.3, 0.4) is 0 Å². The standard InChI is InChI=1S/C56H74O3/c1-5-9-13-53-55(58-53)37-47-35-45(41-19-15-39(11-7-3)16-20-41)27-33-51(47)43-23-29-49(30-24-43)57-50-31-25-44(26-32-50)52-34-28-46(42-21-17-40(12-8-4)18-22-42)36-48(52)38-56-54(59-56)14-10-6-2/h23-36,39-42,53-56H,5-22,37-38H2,1-4H3/t39-,40-,41-,42-,53-,54-,55-,56-/m0/s1. The van der Waals surface area contributed by atoms with E-state index in [2.05, 4.69) is 113 Å². The Morgan fingerprint density at radius 2 is 0.847 bits per heavy atom. The molecule has 4 aromatic rings. The van der Waals surface area contributed by atoms with Crippen molar-refractivity contribution < 1.29 is 14.2 Å². The summed E-state index contributed by atoms with van der Waals surface area (Å²) in [5.41, 5.74) is 11.2. The van der Waals surface area contributed by atoms with E-state index >= 15 is 0 Å². The highest BCUT2D eigenvalue weighted by atomic mass is 16.6. The molecule has 59 heavy (non-hydrogen) atoms. The molecule has 4 fully saturated rings. The van der Waals surface area contributed by atoms with Gasteiger partial charge in [-0.25, -0.2) is 0 Å². The summed E-state index contributed by atoms with van der Waals surface area (Å²) in [6.07, 6.45) is 27.2. The monoisotopic (exact) mass is 795 g/mol. The van der Waals surface area contributed by atoms with E-state index in [0.717, 1.165) is 36.2 Å². The Balaban J connectivity index is 0.951. The molecule has 0 spiro atoms. The van der Waals surface area contributed by atoms with E-state index in [9.17, 15) is 0 Å². The Hall–Kier alpha value is -3.40. The van der Waals surface area contributed by atoms with Crippen LogP contribution in [0.1, 0.15) is 177 Å². The predicted molar refractivity (Wildman–Crippen MR) is 247 cm³/mol. The SMILES string of the molecule is CCCC[C@@H]1O[C@H]1Cc1cc([C@H]2CC[C@H](CCC)CC2)ccc1-c1ccc(Oc2ccc(-c3ccc([C@H]4CC[C@H](CCC)CC4)cc3C[C@@H]3O[C@H]3CCCC)cc2)cc1. The van der Waals surface area contributed by atoms with Crippen LogP contribution in [-0.2, 0) is 22.3 Å². The van der Waals surface area contributed by atoms with Gasteiger partial charge in [-0.1, -0.05) is 140 Å². The summed E-state index contributed by atoms with van der Waals surface area (Å²) in [7, 11) is 0. The molecule has 0 N–H and O–H groups in total. The molecule has 0 amide bonds. The highest BCUT2D eigenvalue weighted by Crippen LogP contribution is 2.43. The van der Waals surface area contributed by atoms with Gasteiger partial charge in [0.15, 0.2) is 0 Å². The molecule has 8 rings (SSSR count). The minimum Gasteiger partial charge on any atom is -0.457 e. The largest absolute Gasteiger partial charge is 0.457 e. The van der Waals surface area contributed by atoms with Gasteiger partial charge in [0.05, 0.1) is 24.4 Å². The zero-order valence-electron chi connectivity index (χ0n) is 37.1. The smallest absolute Gasteiger partial charge is 0.127 e. The summed E-state index contributed by atoms with van der Waals surface area (Å²) in [4.78, 5) is 0. The van der Waals surface area contributed by atoms with Crippen LogP contribution in [0.5, 0.6) is 11.5 Å². The van der Waals surface area contributed by atoms with Gasteiger partial charge < -0.3 is 14.2 Å². The highest BCUT2D eigenvalue weighted by molar-refractivity contribution is 5.70. The van der Waals surface area contributed by atoms with Crippen molar-refractivity contribution in [2.45, 2.75) is 192 Å². The number of unbranched alkanes of at least 4 members (excludes halogenated alkanes) is 2. The van der Waals surface area contributed by atoms with Crippen LogP contribution < -0.4 is 4.74 Å². The first kappa shape index (κ1) is 42.3. The van der Waals surface area contributed by atoms with Crippen LogP contribution in [0.25, 0.3) is 22.3 Å². The van der Waals surface area contributed by atoms with Crippen molar-refractivity contribution in [2.24, 2.45) is 11.8 Å². The first-order valence-corrected chi connectivity index (χ1v) is 24.5. The maximum Gasteiger partial charge on any atom is 0.127 e. The summed E-state index contributed by atoms with van der Waals surface area (Å²) in [6, 6.07) is 32.3. The van der Waals surface area contributed by atoms with Crippen molar-refractivity contribution in [3.8, 4) is 33.8 Å². The minimum absolute atomic E-state index is 0.357. The first-order chi connectivity index (χ1) is 29.0. The van der Waals surface area contributed by atoms with E-state index < -0.39 is 0 Å². The van der Waals surface area contributed by atoms with Gasteiger partial charge in [0.2, 0.25) is 0 Å². The lowest BCUT2D eigenvalue weighted by atomic mass is 9.76. The van der Waals surface area contributed by atoms with Crippen LogP contribution in [0.4, 0.5) is 0 Å². The zero-order chi connectivity index (χ0) is 40.6. The second-order valence-electron chi connectivity index (χ2n) is 19.1. The Bertz CT molecular complexity index is 1760. The van der Waals surface area contributed by atoms with Gasteiger partial charge >= 0.3 is 0 Å². The lowest BCUT2D eigenvalue weighted by Crippen LogP contribution is -2.13. The number of hydrogen-bond donors (Lipinski definition) is 0. The molecule has 316 valence electrons. The fraction of sp³-hybridized carbons (Fsp3) is 0.571. The van der Waals surface area contributed by atoms with Crippen molar-refractivity contribution in [1.29, 1.82) is 0 Å². The molecular formula is C56H74O3. The molecule has 2 aliphatic heterocycles. The topological polar surface area (TPSA) is 34.3 Å². The van der Waals surface area contributed by atoms with Crippen molar-refractivity contribution in [2.75, 3.05) is 0 Å². The van der Waals surface area contributed by atoms with Crippen molar-refractivity contribution in [3.05, 3.63) is 107 Å². The minimum atomic E-state index is 0.357. The Morgan fingerprint density at radius 3 is 1.22 bits per heavy atom.